The van der Waals surface area contributed by atoms with Crippen molar-refractivity contribution in [1.29, 1.82) is 0 Å². The van der Waals surface area contributed by atoms with Crippen molar-refractivity contribution < 1.29 is 9.53 Å². The molecule has 0 N–H and O–H groups in total. The zero-order valence-corrected chi connectivity index (χ0v) is 17.8. The number of esters is 1. The lowest BCUT2D eigenvalue weighted by atomic mass is 10.0. The van der Waals surface area contributed by atoms with Crippen LogP contribution in [0.5, 0.6) is 0 Å². The van der Waals surface area contributed by atoms with Crippen molar-refractivity contribution in [2.75, 3.05) is 0 Å². The molecule has 0 spiro atoms. The molecule has 2 aromatic rings. The second-order valence-electron chi connectivity index (χ2n) is 7.14. The second-order valence-corrected chi connectivity index (χ2v) is 8.94. The molecular weight excluding hydrogens is 426 g/mol. The molecule has 0 saturated heterocycles. The highest BCUT2D eigenvalue weighted by atomic mass is 35.5. The largest absolute Gasteiger partial charge is 0.460 e. The number of allylic oxidation sites excluding steroid dienone is 1. The number of hydrogen-bond donors (Lipinski definition) is 0. The van der Waals surface area contributed by atoms with Gasteiger partial charge in [0, 0.05) is 16.1 Å². The van der Waals surface area contributed by atoms with E-state index in [9.17, 15) is 4.79 Å². The van der Waals surface area contributed by atoms with Crippen molar-refractivity contribution in [2.45, 2.75) is 20.5 Å². The fourth-order valence-corrected chi connectivity index (χ4v) is 4.24. The SMILES string of the molecule is CC1(C)[C@@H](C=C(Cl)Cl)[C@@H]1C(=O)OCc1c(Cl)ccc(-c2ccccc2)c1Cl. The van der Waals surface area contributed by atoms with Gasteiger partial charge in [-0.05, 0) is 29.0 Å². The molecule has 0 radical (unpaired) electrons. The van der Waals surface area contributed by atoms with E-state index in [1.54, 1.807) is 12.1 Å². The molecule has 1 aliphatic rings. The van der Waals surface area contributed by atoms with Gasteiger partial charge in [0.05, 0.1) is 10.9 Å². The van der Waals surface area contributed by atoms with E-state index >= 15 is 0 Å². The van der Waals surface area contributed by atoms with E-state index in [2.05, 4.69) is 0 Å². The minimum atomic E-state index is -0.312. The monoisotopic (exact) mass is 442 g/mol. The van der Waals surface area contributed by atoms with Crippen molar-refractivity contribution in [2.24, 2.45) is 17.3 Å². The number of benzene rings is 2. The van der Waals surface area contributed by atoms with Gasteiger partial charge in [-0.1, -0.05) is 96.6 Å². The molecule has 0 heterocycles. The molecule has 0 aromatic heterocycles. The maximum absolute atomic E-state index is 12.5. The second kappa shape index (κ2) is 8.05. The Labute approximate surface area is 179 Å². The minimum absolute atomic E-state index is 0.00873. The number of carbonyl (C=O) groups excluding carboxylic acids is 1. The highest BCUT2D eigenvalue weighted by Crippen LogP contribution is 2.60. The zero-order chi connectivity index (χ0) is 19.8. The van der Waals surface area contributed by atoms with Crippen molar-refractivity contribution in [3.05, 3.63) is 68.6 Å². The standard InChI is InChI=1S/C21H18Cl4O2/c1-21(2)15(10-17(23)24)18(21)20(26)27-11-14-16(22)9-8-13(19(14)25)12-6-4-3-5-7-12/h3-10,15,18H,11H2,1-2H3/t15-,18+/m0/s1. The van der Waals surface area contributed by atoms with E-state index in [4.69, 9.17) is 51.1 Å². The van der Waals surface area contributed by atoms with Crippen LogP contribution in [0.1, 0.15) is 19.4 Å². The molecule has 2 nitrogen and oxygen atoms in total. The lowest BCUT2D eigenvalue weighted by Gasteiger charge is -2.13. The molecule has 1 aliphatic carbocycles. The van der Waals surface area contributed by atoms with E-state index in [1.807, 2.05) is 50.2 Å². The quantitative estimate of drug-likeness (QED) is 0.453. The Bertz CT molecular complexity index is 887. The van der Waals surface area contributed by atoms with Gasteiger partial charge in [0.1, 0.15) is 11.1 Å². The molecule has 27 heavy (non-hydrogen) atoms. The number of hydrogen-bond acceptors (Lipinski definition) is 2. The molecule has 0 bridgehead atoms. The number of ether oxygens (including phenoxy) is 1. The fraction of sp³-hybridized carbons (Fsp3) is 0.286. The van der Waals surface area contributed by atoms with Crippen molar-refractivity contribution in [3.63, 3.8) is 0 Å². The Morgan fingerprint density at radius 2 is 1.78 bits per heavy atom. The first-order valence-electron chi connectivity index (χ1n) is 8.45. The van der Waals surface area contributed by atoms with Gasteiger partial charge in [0.25, 0.3) is 0 Å². The summed E-state index contributed by atoms with van der Waals surface area (Å²) in [5.74, 6) is -0.649. The summed E-state index contributed by atoms with van der Waals surface area (Å²) in [5, 5.41) is 0.944. The predicted octanol–water partition coefficient (Wildman–Crippen LogP) is 7.29. The molecule has 0 unspecified atom stereocenters. The van der Waals surface area contributed by atoms with Crippen LogP contribution in [0.4, 0.5) is 0 Å². The molecule has 1 saturated carbocycles. The summed E-state index contributed by atoms with van der Waals surface area (Å²) in [7, 11) is 0. The fourth-order valence-electron chi connectivity index (χ4n) is 3.38. The first-order chi connectivity index (χ1) is 12.7. The first kappa shape index (κ1) is 20.5. The lowest BCUT2D eigenvalue weighted by molar-refractivity contribution is -0.147. The Hall–Kier alpha value is -1.19. The molecule has 0 amide bonds. The molecule has 142 valence electrons. The van der Waals surface area contributed by atoms with E-state index in [-0.39, 0.29) is 34.3 Å². The highest BCUT2D eigenvalue weighted by Gasteiger charge is 2.61. The van der Waals surface area contributed by atoms with Crippen LogP contribution in [0.2, 0.25) is 10.0 Å². The smallest absolute Gasteiger partial charge is 0.310 e. The Morgan fingerprint density at radius 3 is 2.41 bits per heavy atom. The molecular formula is C21H18Cl4O2. The van der Waals surface area contributed by atoms with Gasteiger partial charge in [0.2, 0.25) is 0 Å². The molecule has 2 atom stereocenters. The Kier molecular flexibility index (Phi) is 6.12. The van der Waals surface area contributed by atoms with Crippen LogP contribution in [0.15, 0.2) is 53.0 Å². The van der Waals surface area contributed by atoms with Crippen molar-refractivity contribution in [3.8, 4) is 11.1 Å². The van der Waals surface area contributed by atoms with E-state index < -0.39 is 0 Å². The summed E-state index contributed by atoms with van der Waals surface area (Å²) < 4.78 is 5.69. The van der Waals surface area contributed by atoms with Crippen LogP contribution in [0.25, 0.3) is 11.1 Å². The van der Waals surface area contributed by atoms with E-state index in [1.165, 1.54) is 0 Å². The van der Waals surface area contributed by atoms with Gasteiger partial charge in [-0.2, -0.15) is 0 Å². The summed E-state index contributed by atoms with van der Waals surface area (Å²) in [5.41, 5.74) is 2.16. The van der Waals surface area contributed by atoms with Crippen LogP contribution in [-0.4, -0.2) is 5.97 Å². The molecule has 1 fully saturated rings. The third-order valence-corrected chi connectivity index (χ3v) is 6.14. The van der Waals surface area contributed by atoms with Gasteiger partial charge < -0.3 is 4.74 Å². The maximum atomic E-state index is 12.5. The molecule has 3 rings (SSSR count). The van der Waals surface area contributed by atoms with Crippen molar-refractivity contribution >= 4 is 52.4 Å². The summed E-state index contributed by atoms with van der Waals surface area (Å²) in [6.07, 6.45) is 1.69. The van der Waals surface area contributed by atoms with Gasteiger partial charge in [-0.25, -0.2) is 0 Å². The zero-order valence-electron chi connectivity index (χ0n) is 14.8. The molecule has 2 aromatic carbocycles. The number of rotatable bonds is 5. The van der Waals surface area contributed by atoms with Crippen LogP contribution in [-0.2, 0) is 16.1 Å². The predicted molar refractivity (Wildman–Crippen MR) is 112 cm³/mol. The van der Waals surface area contributed by atoms with Gasteiger partial charge in [0.15, 0.2) is 0 Å². The Morgan fingerprint density at radius 1 is 1.11 bits per heavy atom. The minimum Gasteiger partial charge on any atom is -0.460 e. The lowest BCUT2D eigenvalue weighted by Crippen LogP contribution is -2.11. The Balaban J connectivity index is 1.77. The van der Waals surface area contributed by atoms with Crippen LogP contribution >= 0.6 is 46.4 Å². The van der Waals surface area contributed by atoms with Gasteiger partial charge in [-0.3, -0.25) is 4.79 Å². The van der Waals surface area contributed by atoms with Crippen molar-refractivity contribution in [1.82, 2.24) is 0 Å². The summed E-state index contributed by atoms with van der Waals surface area (Å²) >= 11 is 24.3. The van der Waals surface area contributed by atoms with Crippen LogP contribution in [0, 0.1) is 17.3 Å². The third kappa shape index (κ3) is 4.30. The topological polar surface area (TPSA) is 26.3 Å². The summed E-state index contributed by atoms with van der Waals surface area (Å²) in [4.78, 5) is 12.5. The summed E-state index contributed by atoms with van der Waals surface area (Å²) in [6, 6.07) is 13.4. The number of halogens is 4. The van der Waals surface area contributed by atoms with Gasteiger partial charge in [-0.15, -0.1) is 0 Å². The van der Waals surface area contributed by atoms with Gasteiger partial charge >= 0.3 is 5.97 Å². The highest BCUT2D eigenvalue weighted by molar-refractivity contribution is 6.55. The third-order valence-electron chi connectivity index (χ3n) is 5.10. The van der Waals surface area contributed by atoms with Crippen LogP contribution in [0.3, 0.4) is 0 Å². The van der Waals surface area contributed by atoms with Crippen LogP contribution < -0.4 is 0 Å². The molecule has 6 heteroatoms. The maximum Gasteiger partial charge on any atom is 0.310 e. The van der Waals surface area contributed by atoms with E-state index in [0.717, 1.165) is 11.1 Å². The van der Waals surface area contributed by atoms with E-state index in [0.29, 0.717) is 15.6 Å². The number of carbonyl (C=O) groups is 1. The average Bonchev–Trinajstić information content (AvgIpc) is 3.14. The molecule has 0 aliphatic heterocycles. The average molecular weight is 444 g/mol. The first-order valence-corrected chi connectivity index (χ1v) is 9.96. The normalized spacial score (nSPS) is 20.1. The summed E-state index contributed by atoms with van der Waals surface area (Å²) in [6.45, 7) is 3.97.